The number of imide groups is 1. The molecule has 0 saturated heterocycles. The number of aryl methyl sites for hydroxylation is 1. The lowest BCUT2D eigenvalue weighted by molar-refractivity contribution is -0.123. The van der Waals surface area contributed by atoms with Crippen LogP contribution in [0.3, 0.4) is 0 Å². The quantitative estimate of drug-likeness (QED) is 0.467. The van der Waals surface area contributed by atoms with Crippen LogP contribution in [0, 0.1) is 6.92 Å². The molecular weight excluding hydrogens is 394 g/mol. The van der Waals surface area contributed by atoms with Crippen LogP contribution in [-0.4, -0.2) is 34.5 Å². The van der Waals surface area contributed by atoms with E-state index in [0.717, 1.165) is 5.69 Å². The molecule has 29 heavy (non-hydrogen) atoms. The Hall–Kier alpha value is -3.46. The summed E-state index contributed by atoms with van der Waals surface area (Å²) in [4.78, 5) is 40.4. The van der Waals surface area contributed by atoms with E-state index in [1.54, 1.807) is 61.7 Å². The van der Waals surface area contributed by atoms with Crippen molar-refractivity contribution in [1.82, 2.24) is 15.5 Å². The first kappa shape index (κ1) is 20.3. The zero-order valence-corrected chi connectivity index (χ0v) is 16.3. The van der Waals surface area contributed by atoms with Crippen LogP contribution < -0.4 is 5.32 Å². The lowest BCUT2D eigenvalue weighted by Crippen LogP contribution is -2.34. The Balaban J connectivity index is 1.55. The molecule has 0 aliphatic carbocycles. The number of aromatic nitrogens is 2. The molecule has 8 nitrogen and oxygen atoms in total. The first-order valence-corrected chi connectivity index (χ1v) is 9.58. The van der Waals surface area contributed by atoms with Crippen molar-refractivity contribution in [1.29, 1.82) is 0 Å². The largest absolute Gasteiger partial charge is 0.452 e. The number of benzene rings is 1. The van der Waals surface area contributed by atoms with Crippen LogP contribution in [0.5, 0.6) is 0 Å². The molecule has 3 rings (SSSR count). The summed E-state index contributed by atoms with van der Waals surface area (Å²) in [6, 6.07) is 13.2. The van der Waals surface area contributed by atoms with E-state index in [1.165, 1.54) is 11.8 Å². The molecule has 2 aromatic heterocycles. The van der Waals surface area contributed by atoms with Crippen molar-refractivity contribution in [2.75, 3.05) is 6.61 Å². The number of thioether (sulfide) groups is 1. The van der Waals surface area contributed by atoms with E-state index in [4.69, 9.17) is 9.26 Å². The third-order valence-electron chi connectivity index (χ3n) is 3.65. The van der Waals surface area contributed by atoms with E-state index in [1.807, 2.05) is 0 Å². The van der Waals surface area contributed by atoms with Crippen LogP contribution in [0.2, 0.25) is 0 Å². The van der Waals surface area contributed by atoms with Gasteiger partial charge in [0, 0.05) is 23.6 Å². The van der Waals surface area contributed by atoms with Crippen molar-refractivity contribution in [2.24, 2.45) is 0 Å². The number of carbonyl (C=O) groups excluding carboxylic acids is 3. The Morgan fingerprint density at radius 1 is 1.14 bits per heavy atom. The molecule has 0 saturated carbocycles. The number of nitrogens with zero attached hydrogens (tertiary/aromatic N) is 2. The first-order valence-electron chi connectivity index (χ1n) is 8.59. The van der Waals surface area contributed by atoms with Gasteiger partial charge in [-0.15, -0.1) is 0 Å². The molecule has 0 spiro atoms. The maximum atomic E-state index is 12.4. The highest BCUT2D eigenvalue weighted by Crippen LogP contribution is 2.24. The molecule has 2 amide bonds. The van der Waals surface area contributed by atoms with E-state index < -0.39 is 24.4 Å². The summed E-state index contributed by atoms with van der Waals surface area (Å²) in [6.07, 6.45) is 1.55. The molecule has 0 aliphatic heterocycles. The Labute approximate surface area is 170 Å². The first-order chi connectivity index (χ1) is 14.0. The average Bonchev–Trinajstić information content (AvgIpc) is 3.16. The summed E-state index contributed by atoms with van der Waals surface area (Å²) in [5.74, 6) is -0.840. The highest BCUT2D eigenvalue weighted by atomic mass is 32.2. The number of amides is 2. The van der Waals surface area contributed by atoms with Gasteiger partial charge in [-0.2, -0.15) is 0 Å². The topological polar surface area (TPSA) is 111 Å². The van der Waals surface area contributed by atoms with Crippen LogP contribution >= 0.6 is 11.8 Å². The second-order valence-corrected chi connectivity index (χ2v) is 6.86. The molecule has 0 radical (unpaired) electrons. The maximum absolute atomic E-state index is 12.4. The molecule has 0 atom stereocenters. The zero-order valence-electron chi connectivity index (χ0n) is 15.5. The van der Waals surface area contributed by atoms with E-state index in [9.17, 15) is 14.4 Å². The minimum absolute atomic E-state index is 0.222. The molecule has 148 valence electrons. The Morgan fingerprint density at radius 3 is 2.66 bits per heavy atom. The van der Waals surface area contributed by atoms with Crippen molar-refractivity contribution >= 4 is 29.5 Å². The molecule has 2 heterocycles. The predicted octanol–water partition coefficient (Wildman–Crippen LogP) is 2.78. The number of carbonyl (C=O) groups is 3. The standard InChI is InChI=1S/C20H17N3O5S/c1-13-10-15(23-28-13)12-29-19-16(8-5-9-21-19)20(26)27-11-17(24)22-18(25)14-6-3-2-4-7-14/h2-10H,11-12H2,1H3,(H,22,24,25). The molecule has 0 unspecified atom stereocenters. The Morgan fingerprint density at radius 2 is 1.93 bits per heavy atom. The van der Waals surface area contributed by atoms with E-state index >= 15 is 0 Å². The fourth-order valence-corrected chi connectivity index (χ4v) is 3.19. The zero-order chi connectivity index (χ0) is 20.6. The summed E-state index contributed by atoms with van der Waals surface area (Å²) in [6.45, 7) is 1.21. The van der Waals surface area contributed by atoms with Crippen LogP contribution in [-0.2, 0) is 15.3 Å². The van der Waals surface area contributed by atoms with Crippen LogP contribution in [0.25, 0.3) is 0 Å². The number of ether oxygens (including phenoxy) is 1. The van der Waals surface area contributed by atoms with Gasteiger partial charge in [-0.1, -0.05) is 35.1 Å². The Bertz CT molecular complexity index is 1020. The summed E-state index contributed by atoms with van der Waals surface area (Å²) < 4.78 is 10.0. The van der Waals surface area contributed by atoms with Gasteiger partial charge < -0.3 is 9.26 Å². The molecule has 1 N–H and O–H groups in total. The van der Waals surface area contributed by atoms with E-state index in [-0.39, 0.29) is 5.56 Å². The van der Waals surface area contributed by atoms with Crippen molar-refractivity contribution < 1.29 is 23.6 Å². The summed E-state index contributed by atoms with van der Waals surface area (Å²) in [7, 11) is 0. The minimum atomic E-state index is -0.719. The maximum Gasteiger partial charge on any atom is 0.341 e. The molecule has 3 aromatic rings. The predicted molar refractivity (Wildman–Crippen MR) is 104 cm³/mol. The van der Waals surface area contributed by atoms with Gasteiger partial charge in [-0.25, -0.2) is 9.78 Å². The van der Waals surface area contributed by atoms with Crippen molar-refractivity contribution in [2.45, 2.75) is 17.7 Å². The van der Waals surface area contributed by atoms with Gasteiger partial charge in [0.2, 0.25) is 0 Å². The van der Waals surface area contributed by atoms with Gasteiger partial charge in [0.15, 0.2) is 6.61 Å². The molecule has 0 fully saturated rings. The molecule has 0 aliphatic rings. The molecule has 1 aromatic carbocycles. The summed E-state index contributed by atoms with van der Waals surface area (Å²) >= 11 is 1.29. The second-order valence-electron chi connectivity index (χ2n) is 5.89. The van der Waals surface area contributed by atoms with Crippen LogP contribution in [0.4, 0.5) is 0 Å². The van der Waals surface area contributed by atoms with Gasteiger partial charge in [0.25, 0.3) is 11.8 Å². The fraction of sp³-hybridized carbons (Fsp3) is 0.150. The van der Waals surface area contributed by atoms with Crippen molar-refractivity contribution in [3.8, 4) is 0 Å². The minimum Gasteiger partial charge on any atom is -0.452 e. The van der Waals surface area contributed by atoms with E-state index in [2.05, 4.69) is 15.5 Å². The lowest BCUT2D eigenvalue weighted by atomic mass is 10.2. The van der Waals surface area contributed by atoms with Gasteiger partial charge >= 0.3 is 5.97 Å². The lowest BCUT2D eigenvalue weighted by Gasteiger charge is -2.08. The molecular formula is C20H17N3O5S. The van der Waals surface area contributed by atoms with Gasteiger partial charge in [-0.3, -0.25) is 14.9 Å². The number of nitrogens with one attached hydrogen (secondary N) is 1. The monoisotopic (exact) mass is 411 g/mol. The Kier molecular flexibility index (Phi) is 6.75. The van der Waals surface area contributed by atoms with Crippen LogP contribution in [0.1, 0.15) is 32.2 Å². The normalized spacial score (nSPS) is 10.4. The van der Waals surface area contributed by atoms with Gasteiger partial charge in [-0.05, 0) is 31.2 Å². The van der Waals surface area contributed by atoms with Gasteiger partial charge in [0.05, 0.1) is 11.3 Å². The van der Waals surface area contributed by atoms with Crippen LogP contribution in [0.15, 0.2) is 64.3 Å². The van der Waals surface area contributed by atoms with Crippen molar-refractivity contribution in [3.63, 3.8) is 0 Å². The third kappa shape index (κ3) is 5.76. The average molecular weight is 411 g/mol. The SMILES string of the molecule is Cc1cc(CSc2ncccc2C(=O)OCC(=O)NC(=O)c2ccccc2)no1. The number of rotatable bonds is 7. The second kappa shape index (κ2) is 9.65. The fourth-order valence-electron chi connectivity index (χ4n) is 2.32. The molecule has 0 bridgehead atoms. The number of hydrogen-bond donors (Lipinski definition) is 1. The highest BCUT2D eigenvalue weighted by Gasteiger charge is 2.17. The molecule has 9 heteroatoms. The number of esters is 1. The summed E-state index contributed by atoms with van der Waals surface area (Å²) in [5, 5.41) is 6.51. The van der Waals surface area contributed by atoms with Gasteiger partial charge in [0.1, 0.15) is 10.8 Å². The number of pyridine rings is 1. The van der Waals surface area contributed by atoms with E-state index in [0.29, 0.717) is 22.1 Å². The smallest absolute Gasteiger partial charge is 0.341 e. The van der Waals surface area contributed by atoms with Crippen molar-refractivity contribution in [3.05, 3.63) is 77.3 Å². The third-order valence-corrected chi connectivity index (χ3v) is 4.69. The highest BCUT2D eigenvalue weighted by molar-refractivity contribution is 7.98. The summed E-state index contributed by atoms with van der Waals surface area (Å²) in [5.41, 5.74) is 1.28. The number of hydrogen-bond acceptors (Lipinski definition) is 8.